The zero-order chi connectivity index (χ0) is 18.2. The molecule has 7 heteroatoms. The Kier molecular flexibility index (Phi) is 7.32. The number of ether oxygens (including phenoxy) is 1. The van der Waals surface area contributed by atoms with Gasteiger partial charge in [-0.1, -0.05) is 35.9 Å². The molecule has 0 saturated carbocycles. The SMILES string of the molecule is CN=C(NCc1cccs1)NCC(c1ccccc1Cl)N1CCOCC1. The van der Waals surface area contributed by atoms with Crippen molar-refractivity contribution in [2.75, 3.05) is 39.9 Å². The minimum atomic E-state index is 0.174. The fraction of sp³-hybridized carbons (Fsp3) is 0.421. The summed E-state index contributed by atoms with van der Waals surface area (Å²) >= 11 is 8.22. The summed E-state index contributed by atoms with van der Waals surface area (Å²) in [6, 6.07) is 12.4. The monoisotopic (exact) mass is 392 g/mol. The second kappa shape index (κ2) is 9.92. The van der Waals surface area contributed by atoms with E-state index in [-0.39, 0.29) is 6.04 Å². The normalized spacial score (nSPS) is 17.1. The minimum absolute atomic E-state index is 0.174. The lowest BCUT2D eigenvalue weighted by Crippen LogP contribution is -2.46. The molecule has 2 aromatic rings. The van der Waals surface area contributed by atoms with Gasteiger partial charge in [-0.15, -0.1) is 11.3 Å². The largest absolute Gasteiger partial charge is 0.379 e. The first-order chi connectivity index (χ1) is 12.8. The highest BCUT2D eigenvalue weighted by atomic mass is 35.5. The predicted molar refractivity (Wildman–Crippen MR) is 109 cm³/mol. The average Bonchev–Trinajstić information content (AvgIpc) is 3.20. The fourth-order valence-electron chi connectivity index (χ4n) is 3.07. The Balaban J connectivity index is 1.65. The van der Waals surface area contributed by atoms with E-state index in [4.69, 9.17) is 16.3 Å². The third-order valence-corrected chi connectivity index (χ3v) is 5.67. The Labute approximate surface area is 164 Å². The van der Waals surface area contributed by atoms with Gasteiger partial charge in [-0.2, -0.15) is 0 Å². The molecule has 1 aromatic heterocycles. The van der Waals surface area contributed by atoms with Gasteiger partial charge in [0.25, 0.3) is 0 Å². The van der Waals surface area contributed by atoms with Gasteiger partial charge in [0.05, 0.1) is 25.8 Å². The van der Waals surface area contributed by atoms with E-state index in [0.29, 0.717) is 0 Å². The summed E-state index contributed by atoms with van der Waals surface area (Å²) in [5, 5.41) is 9.71. The van der Waals surface area contributed by atoms with Crippen molar-refractivity contribution in [2.24, 2.45) is 4.99 Å². The van der Waals surface area contributed by atoms with E-state index in [9.17, 15) is 0 Å². The lowest BCUT2D eigenvalue weighted by atomic mass is 10.0. The lowest BCUT2D eigenvalue weighted by Gasteiger charge is -2.35. The van der Waals surface area contributed by atoms with E-state index >= 15 is 0 Å². The number of nitrogens with zero attached hydrogens (tertiary/aromatic N) is 2. The first-order valence-corrected chi connectivity index (χ1v) is 10.1. The van der Waals surface area contributed by atoms with Crippen LogP contribution >= 0.6 is 22.9 Å². The number of rotatable bonds is 6. The molecule has 0 amide bonds. The van der Waals surface area contributed by atoms with Crippen molar-refractivity contribution in [3.8, 4) is 0 Å². The first kappa shape index (κ1) is 19.2. The molecule has 140 valence electrons. The molecule has 1 unspecified atom stereocenters. The van der Waals surface area contributed by atoms with Gasteiger partial charge in [0.1, 0.15) is 0 Å². The summed E-state index contributed by atoms with van der Waals surface area (Å²) in [5.41, 5.74) is 1.14. The second-order valence-corrected chi connectivity index (χ2v) is 7.51. The van der Waals surface area contributed by atoms with Crippen LogP contribution < -0.4 is 10.6 Å². The Morgan fingerprint density at radius 1 is 1.23 bits per heavy atom. The number of morpholine rings is 1. The molecule has 2 heterocycles. The van der Waals surface area contributed by atoms with Crippen molar-refractivity contribution in [1.82, 2.24) is 15.5 Å². The molecule has 1 aromatic carbocycles. The zero-order valence-corrected chi connectivity index (χ0v) is 16.5. The zero-order valence-electron chi connectivity index (χ0n) is 15.0. The van der Waals surface area contributed by atoms with Crippen LogP contribution in [0.25, 0.3) is 0 Å². The van der Waals surface area contributed by atoms with Gasteiger partial charge in [0, 0.05) is 36.6 Å². The van der Waals surface area contributed by atoms with Crippen molar-refractivity contribution in [3.05, 3.63) is 57.2 Å². The third-order valence-electron chi connectivity index (χ3n) is 4.45. The Hall–Kier alpha value is -1.60. The molecule has 0 spiro atoms. The van der Waals surface area contributed by atoms with Crippen LogP contribution in [0.4, 0.5) is 0 Å². The van der Waals surface area contributed by atoms with Gasteiger partial charge in [-0.05, 0) is 23.1 Å². The number of guanidine groups is 1. The molecule has 0 radical (unpaired) electrons. The highest BCUT2D eigenvalue weighted by Crippen LogP contribution is 2.27. The standard InChI is InChI=1S/C19H25ClN4OS/c1-21-19(22-13-15-5-4-12-26-15)23-14-18(24-8-10-25-11-9-24)16-6-2-3-7-17(16)20/h2-7,12,18H,8-11,13-14H2,1H3,(H2,21,22,23). The summed E-state index contributed by atoms with van der Waals surface area (Å²) in [4.78, 5) is 8.05. The highest BCUT2D eigenvalue weighted by molar-refractivity contribution is 7.09. The van der Waals surface area contributed by atoms with Crippen LogP contribution in [0.1, 0.15) is 16.5 Å². The summed E-state index contributed by atoms with van der Waals surface area (Å²) in [5.74, 6) is 0.795. The van der Waals surface area contributed by atoms with Crippen LogP contribution in [0.15, 0.2) is 46.8 Å². The van der Waals surface area contributed by atoms with Crippen LogP contribution in [0.2, 0.25) is 5.02 Å². The quantitative estimate of drug-likeness (QED) is 0.585. The van der Waals surface area contributed by atoms with Crippen LogP contribution in [-0.2, 0) is 11.3 Å². The number of halogens is 1. The average molecular weight is 393 g/mol. The minimum Gasteiger partial charge on any atom is -0.379 e. The molecular weight excluding hydrogens is 368 g/mol. The number of thiophene rings is 1. The van der Waals surface area contributed by atoms with Crippen LogP contribution in [0, 0.1) is 0 Å². The fourth-order valence-corrected chi connectivity index (χ4v) is 3.97. The van der Waals surface area contributed by atoms with Gasteiger partial charge < -0.3 is 15.4 Å². The maximum Gasteiger partial charge on any atom is 0.191 e. The molecule has 1 aliphatic heterocycles. The van der Waals surface area contributed by atoms with Crippen molar-refractivity contribution in [1.29, 1.82) is 0 Å². The summed E-state index contributed by atoms with van der Waals surface area (Å²) < 4.78 is 5.51. The van der Waals surface area contributed by atoms with Crippen LogP contribution in [0.5, 0.6) is 0 Å². The van der Waals surface area contributed by atoms with E-state index in [2.05, 4.69) is 44.1 Å². The predicted octanol–water partition coefficient (Wildman–Crippen LogP) is 3.14. The number of hydrogen-bond donors (Lipinski definition) is 2. The van der Waals surface area contributed by atoms with Crippen molar-refractivity contribution >= 4 is 28.9 Å². The maximum absolute atomic E-state index is 6.49. The number of hydrogen-bond acceptors (Lipinski definition) is 4. The molecule has 1 saturated heterocycles. The number of nitrogens with one attached hydrogen (secondary N) is 2. The highest BCUT2D eigenvalue weighted by Gasteiger charge is 2.24. The molecule has 26 heavy (non-hydrogen) atoms. The van der Waals surface area contributed by atoms with E-state index < -0.39 is 0 Å². The molecule has 5 nitrogen and oxygen atoms in total. The molecule has 0 aliphatic carbocycles. The van der Waals surface area contributed by atoms with Gasteiger partial charge in [-0.25, -0.2) is 0 Å². The summed E-state index contributed by atoms with van der Waals surface area (Å²) in [6.45, 7) is 4.82. The van der Waals surface area contributed by atoms with Gasteiger partial charge in [-0.3, -0.25) is 9.89 Å². The Morgan fingerprint density at radius 2 is 2.04 bits per heavy atom. The maximum atomic E-state index is 6.49. The molecule has 2 N–H and O–H groups in total. The van der Waals surface area contributed by atoms with Crippen LogP contribution in [0.3, 0.4) is 0 Å². The summed E-state index contributed by atoms with van der Waals surface area (Å²) in [6.07, 6.45) is 0. The second-order valence-electron chi connectivity index (χ2n) is 6.07. The first-order valence-electron chi connectivity index (χ1n) is 8.81. The molecule has 1 aliphatic rings. The third kappa shape index (κ3) is 5.20. The van der Waals surface area contributed by atoms with E-state index in [1.807, 2.05) is 18.2 Å². The van der Waals surface area contributed by atoms with Gasteiger partial charge in [0.2, 0.25) is 0 Å². The Morgan fingerprint density at radius 3 is 2.73 bits per heavy atom. The number of aliphatic imine (C=N–C) groups is 1. The van der Waals surface area contributed by atoms with E-state index in [0.717, 1.165) is 55.9 Å². The molecule has 3 rings (SSSR count). The topological polar surface area (TPSA) is 48.9 Å². The smallest absolute Gasteiger partial charge is 0.191 e. The molecule has 1 fully saturated rings. The van der Waals surface area contributed by atoms with E-state index in [1.54, 1.807) is 18.4 Å². The summed E-state index contributed by atoms with van der Waals surface area (Å²) in [7, 11) is 1.79. The van der Waals surface area contributed by atoms with Crippen LogP contribution in [-0.4, -0.2) is 50.8 Å². The number of benzene rings is 1. The van der Waals surface area contributed by atoms with E-state index in [1.165, 1.54) is 4.88 Å². The van der Waals surface area contributed by atoms with Crippen molar-refractivity contribution in [2.45, 2.75) is 12.6 Å². The van der Waals surface area contributed by atoms with Crippen molar-refractivity contribution in [3.63, 3.8) is 0 Å². The van der Waals surface area contributed by atoms with Crippen molar-refractivity contribution < 1.29 is 4.74 Å². The Bertz CT molecular complexity index is 701. The molecule has 1 atom stereocenters. The van der Waals surface area contributed by atoms with Gasteiger partial charge >= 0.3 is 0 Å². The lowest BCUT2D eigenvalue weighted by molar-refractivity contribution is 0.0170. The van der Waals surface area contributed by atoms with Gasteiger partial charge in [0.15, 0.2) is 5.96 Å². The molecule has 0 bridgehead atoms. The molecular formula is C19H25ClN4OS.